The lowest BCUT2D eigenvalue weighted by atomic mass is 10.1. The molecule has 1 rings (SSSR count). The van der Waals surface area contributed by atoms with E-state index < -0.39 is 0 Å². The summed E-state index contributed by atoms with van der Waals surface area (Å²) in [5, 5.41) is 12.8. The molecule has 13 heavy (non-hydrogen) atoms. The minimum absolute atomic E-state index is 0.132. The molecule has 78 valence electrons. The Hall–Kier alpha value is -0.120. The molecule has 0 saturated carbocycles. The summed E-state index contributed by atoms with van der Waals surface area (Å²) >= 11 is 0. The third-order valence-corrected chi connectivity index (χ3v) is 2.60. The molecule has 1 aliphatic heterocycles. The van der Waals surface area contributed by atoms with Crippen molar-refractivity contribution in [2.45, 2.75) is 44.8 Å². The van der Waals surface area contributed by atoms with Gasteiger partial charge in [0.05, 0.1) is 6.10 Å². The molecule has 1 atom stereocenters. The summed E-state index contributed by atoms with van der Waals surface area (Å²) in [4.78, 5) is 0. The molecule has 0 aromatic carbocycles. The summed E-state index contributed by atoms with van der Waals surface area (Å²) in [6.07, 6.45) is 3.82. The number of ether oxygens (including phenoxy) is 1. The van der Waals surface area contributed by atoms with Gasteiger partial charge < -0.3 is 15.2 Å². The van der Waals surface area contributed by atoms with Gasteiger partial charge in [-0.05, 0) is 32.2 Å². The quantitative estimate of drug-likeness (QED) is 0.672. The molecule has 0 aliphatic carbocycles. The van der Waals surface area contributed by atoms with E-state index in [2.05, 4.69) is 5.32 Å². The van der Waals surface area contributed by atoms with Crippen LogP contribution in [0, 0.1) is 0 Å². The highest BCUT2D eigenvalue weighted by atomic mass is 16.5. The van der Waals surface area contributed by atoms with Crippen molar-refractivity contribution in [2.75, 3.05) is 19.8 Å². The van der Waals surface area contributed by atoms with E-state index in [-0.39, 0.29) is 6.10 Å². The average molecular weight is 187 g/mol. The maximum atomic E-state index is 9.32. The van der Waals surface area contributed by atoms with Crippen LogP contribution < -0.4 is 5.32 Å². The zero-order valence-electron chi connectivity index (χ0n) is 8.46. The van der Waals surface area contributed by atoms with Crippen molar-refractivity contribution in [1.29, 1.82) is 0 Å². The molecule has 0 amide bonds. The Kier molecular flexibility index (Phi) is 5.35. The monoisotopic (exact) mass is 187 g/mol. The van der Waals surface area contributed by atoms with E-state index in [1.54, 1.807) is 0 Å². The van der Waals surface area contributed by atoms with E-state index in [0.29, 0.717) is 6.04 Å². The van der Waals surface area contributed by atoms with Crippen LogP contribution in [0.4, 0.5) is 0 Å². The normalized spacial score (nSPS) is 21.7. The number of hydrogen-bond acceptors (Lipinski definition) is 3. The molecule has 1 saturated heterocycles. The predicted molar refractivity (Wildman–Crippen MR) is 52.8 cm³/mol. The molecule has 1 aliphatic rings. The first-order valence-electron chi connectivity index (χ1n) is 5.32. The number of rotatable bonds is 5. The zero-order valence-corrected chi connectivity index (χ0v) is 8.46. The number of aliphatic hydroxyl groups is 1. The second-order valence-corrected chi connectivity index (χ2v) is 3.69. The van der Waals surface area contributed by atoms with Gasteiger partial charge in [-0.15, -0.1) is 0 Å². The third-order valence-electron chi connectivity index (χ3n) is 2.60. The fourth-order valence-electron chi connectivity index (χ4n) is 1.56. The van der Waals surface area contributed by atoms with Gasteiger partial charge in [0.2, 0.25) is 0 Å². The number of nitrogens with one attached hydrogen (secondary N) is 1. The number of hydrogen-bond donors (Lipinski definition) is 2. The van der Waals surface area contributed by atoms with Gasteiger partial charge in [0, 0.05) is 19.3 Å². The van der Waals surface area contributed by atoms with Gasteiger partial charge in [-0.25, -0.2) is 0 Å². The minimum atomic E-state index is -0.132. The summed E-state index contributed by atoms with van der Waals surface area (Å²) in [6, 6.07) is 0.609. The van der Waals surface area contributed by atoms with Crippen LogP contribution in [0.5, 0.6) is 0 Å². The molecular weight excluding hydrogens is 166 g/mol. The topological polar surface area (TPSA) is 41.5 Å². The van der Waals surface area contributed by atoms with Crippen LogP contribution >= 0.6 is 0 Å². The molecule has 1 unspecified atom stereocenters. The molecule has 0 aromatic rings. The van der Waals surface area contributed by atoms with E-state index in [1.165, 1.54) is 0 Å². The van der Waals surface area contributed by atoms with Crippen LogP contribution in [-0.2, 0) is 4.74 Å². The van der Waals surface area contributed by atoms with Crippen molar-refractivity contribution < 1.29 is 9.84 Å². The maximum absolute atomic E-state index is 9.32. The average Bonchev–Trinajstić information content (AvgIpc) is 2.19. The van der Waals surface area contributed by atoms with Crippen LogP contribution in [-0.4, -0.2) is 37.0 Å². The molecule has 0 aromatic heterocycles. The number of aliphatic hydroxyl groups excluding tert-OH is 1. The van der Waals surface area contributed by atoms with Gasteiger partial charge in [-0.1, -0.05) is 6.92 Å². The second kappa shape index (κ2) is 6.35. The summed E-state index contributed by atoms with van der Waals surface area (Å²) < 4.78 is 5.26. The Balaban J connectivity index is 1.98. The Morgan fingerprint density at radius 3 is 2.77 bits per heavy atom. The highest BCUT2D eigenvalue weighted by Gasteiger charge is 2.12. The second-order valence-electron chi connectivity index (χ2n) is 3.69. The van der Waals surface area contributed by atoms with E-state index in [4.69, 9.17) is 4.74 Å². The molecule has 0 radical (unpaired) electrons. The summed E-state index contributed by atoms with van der Waals surface area (Å²) in [5.41, 5.74) is 0. The fourth-order valence-corrected chi connectivity index (χ4v) is 1.56. The SMILES string of the molecule is CCC(O)CCNC1CCOCC1. The molecule has 3 nitrogen and oxygen atoms in total. The van der Waals surface area contributed by atoms with Crippen LogP contribution in [0.25, 0.3) is 0 Å². The standard InChI is InChI=1S/C10H21NO2/c1-2-10(12)3-6-11-9-4-7-13-8-5-9/h9-12H,2-8H2,1H3. The van der Waals surface area contributed by atoms with Crippen molar-refractivity contribution >= 4 is 0 Å². The first-order valence-corrected chi connectivity index (χ1v) is 5.32. The van der Waals surface area contributed by atoms with Crippen molar-refractivity contribution in [3.05, 3.63) is 0 Å². The third kappa shape index (κ3) is 4.60. The van der Waals surface area contributed by atoms with Crippen molar-refractivity contribution in [3.8, 4) is 0 Å². The summed E-state index contributed by atoms with van der Waals surface area (Å²) in [5.74, 6) is 0. The summed E-state index contributed by atoms with van der Waals surface area (Å²) in [6.45, 7) is 4.71. The minimum Gasteiger partial charge on any atom is -0.393 e. The molecule has 0 bridgehead atoms. The van der Waals surface area contributed by atoms with Crippen LogP contribution in [0.1, 0.15) is 32.6 Å². The van der Waals surface area contributed by atoms with Crippen molar-refractivity contribution in [1.82, 2.24) is 5.32 Å². The van der Waals surface area contributed by atoms with Crippen LogP contribution in [0.15, 0.2) is 0 Å². The van der Waals surface area contributed by atoms with Crippen LogP contribution in [0.2, 0.25) is 0 Å². The lowest BCUT2D eigenvalue weighted by Gasteiger charge is -2.23. The van der Waals surface area contributed by atoms with Gasteiger partial charge in [0.15, 0.2) is 0 Å². The lowest BCUT2D eigenvalue weighted by Crippen LogP contribution is -2.36. The fraction of sp³-hybridized carbons (Fsp3) is 1.00. The zero-order chi connectivity index (χ0) is 9.52. The van der Waals surface area contributed by atoms with E-state index in [1.807, 2.05) is 6.92 Å². The smallest absolute Gasteiger partial charge is 0.0549 e. The Morgan fingerprint density at radius 1 is 1.46 bits per heavy atom. The highest BCUT2D eigenvalue weighted by molar-refractivity contribution is 4.70. The maximum Gasteiger partial charge on any atom is 0.0549 e. The Labute approximate surface area is 80.5 Å². The highest BCUT2D eigenvalue weighted by Crippen LogP contribution is 2.06. The molecule has 0 spiro atoms. The van der Waals surface area contributed by atoms with Gasteiger partial charge in [0.25, 0.3) is 0 Å². The van der Waals surface area contributed by atoms with Crippen molar-refractivity contribution in [2.24, 2.45) is 0 Å². The lowest BCUT2D eigenvalue weighted by molar-refractivity contribution is 0.0762. The molecule has 1 fully saturated rings. The molecular formula is C10H21NO2. The van der Waals surface area contributed by atoms with Crippen LogP contribution in [0.3, 0.4) is 0 Å². The van der Waals surface area contributed by atoms with Crippen molar-refractivity contribution in [3.63, 3.8) is 0 Å². The van der Waals surface area contributed by atoms with Gasteiger partial charge in [0.1, 0.15) is 0 Å². The molecule has 1 heterocycles. The van der Waals surface area contributed by atoms with E-state index >= 15 is 0 Å². The Bertz CT molecular complexity index is 124. The van der Waals surface area contributed by atoms with E-state index in [9.17, 15) is 5.11 Å². The van der Waals surface area contributed by atoms with Gasteiger partial charge >= 0.3 is 0 Å². The Morgan fingerprint density at radius 2 is 2.15 bits per heavy atom. The first-order chi connectivity index (χ1) is 6.33. The largest absolute Gasteiger partial charge is 0.393 e. The van der Waals surface area contributed by atoms with Gasteiger partial charge in [-0.3, -0.25) is 0 Å². The summed E-state index contributed by atoms with van der Waals surface area (Å²) in [7, 11) is 0. The predicted octanol–water partition coefficient (Wildman–Crippen LogP) is 0.916. The first kappa shape index (κ1) is 11.0. The van der Waals surface area contributed by atoms with E-state index in [0.717, 1.165) is 45.4 Å². The van der Waals surface area contributed by atoms with Gasteiger partial charge in [-0.2, -0.15) is 0 Å². The molecule has 2 N–H and O–H groups in total. The molecule has 3 heteroatoms.